The summed E-state index contributed by atoms with van der Waals surface area (Å²) in [7, 11) is 0. The van der Waals surface area contributed by atoms with E-state index in [2.05, 4.69) is 0 Å². The minimum atomic E-state index is 0.133. The van der Waals surface area contributed by atoms with Gasteiger partial charge in [-0.05, 0) is 6.42 Å². The molecule has 1 fully saturated rings. The molecule has 1 rings (SSSR count). The predicted molar refractivity (Wildman–Crippen MR) is 50.8 cm³/mol. The van der Waals surface area contributed by atoms with Crippen LogP contribution in [0.25, 0.3) is 0 Å². The van der Waals surface area contributed by atoms with E-state index in [0.717, 1.165) is 6.42 Å². The number of carbonyl (C=O) groups is 2. The molecule has 1 aliphatic rings. The Kier molecular flexibility index (Phi) is 4.22. The first-order valence-corrected chi connectivity index (χ1v) is 5.13. The van der Waals surface area contributed by atoms with Crippen molar-refractivity contribution in [1.82, 2.24) is 4.90 Å². The Hall–Kier alpha value is -0.570. The van der Waals surface area contributed by atoms with Gasteiger partial charge in [0.2, 0.25) is 5.91 Å². The third-order valence-corrected chi connectivity index (χ3v) is 2.47. The lowest BCUT2D eigenvalue weighted by molar-refractivity contribution is -0.134. The summed E-state index contributed by atoms with van der Waals surface area (Å²) in [6, 6.07) is 0. The van der Waals surface area contributed by atoms with Gasteiger partial charge in [0.15, 0.2) is 0 Å². The van der Waals surface area contributed by atoms with Crippen LogP contribution in [0.5, 0.6) is 0 Å². The Morgan fingerprint density at radius 2 is 2.00 bits per heavy atom. The standard InChI is InChI=1S/C9H14ClNO2/c10-5-1-2-9(13)11-6-3-8(12)4-7-11/h1-7H2. The number of carbonyl (C=O) groups excluding carboxylic acids is 2. The van der Waals surface area contributed by atoms with Gasteiger partial charge in [-0.15, -0.1) is 11.6 Å². The quantitative estimate of drug-likeness (QED) is 0.647. The fourth-order valence-electron chi connectivity index (χ4n) is 1.38. The van der Waals surface area contributed by atoms with Crippen LogP contribution in [0.15, 0.2) is 0 Å². The van der Waals surface area contributed by atoms with E-state index in [1.807, 2.05) is 0 Å². The van der Waals surface area contributed by atoms with Gasteiger partial charge in [-0.2, -0.15) is 0 Å². The first-order valence-electron chi connectivity index (χ1n) is 4.59. The molecule has 0 saturated carbocycles. The maximum absolute atomic E-state index is 11.4. The zero-order valence-corrected chi connectivity index (χ0v) is 8.35. The Labute approximate surface area is 83.0 Å². The number of amides is 1. The normalized spacial score (nSPS) is 17.6. The molecule has 0 spiro atoms. The van der Waals surface area contributed by atoms with Crippen molar-refractivity contribution < 1.29 is 9.59 Å². The Bertz CT molecular complexity index is 196. The summed E-state index contributed by atoms with van der Waals surface area (Å²) in [5, 5.41) is 0. The van der Waals surface area contributed by atoms with E-state index in [4.69, 9.17) is 11.6 Å². The number of alkyl halides is 1. The summed E-state index contributed by atoms with van der Waals surface area (Å²) in [4.78, 5) is 24.1. The molecule has 0 aromatic heterocycles. The molecule has 0 N–H and O–H groups in total. The van der Waals surface area contributed by atoms with E-state index < -0.39 is 0 Å². The van der Waals surface area contributed by atoms with E-state index in [9.17, 15) is 9.59 Å². The number of piperidine rings is 1. The molecule has 0 radical (unpaired) electrons. The van der Waals surface area contributed by atoms with E-state index >= 15 is 0 Å². The highest BCUT2D eigenvalue weighted by molar-refractivity contribution is 6.17. The summed E-state index contributed by atoms with van der Waals surface area (Å²) in [6.07, 6.45) is 2.28. The van der Waals surface area contributed by atoms with Gasteiger partial charge in [-0.3, -0.25) is 9.59 Å². The molecule has 0 unspecified atom stereocenters. The zero-order chi connectivity index (χ0) is 9.68. The molecule has 0 atom stereocenters. The van der Waals surface area contributed by atoms with E-state index in [-0.39, 0.29) is 11.7 Å². The zero-order valence-electron chi connectivity index (χ0n) is 7.59. The molecule has 13 heavy (non-hydrogen) atoms. The third kappa shape index (κ3) is 3.35. The molecule has 1 saturated heterocycles. The van der Waals surface area contributed by atoms with Crippen LogP contribution in [0, 0.1) is 0 Å². The molecular weight excluding hydrogens is 190 g/mol. The number of Topliss-reactive ketones (excluding diaryl/α,β-unsaturated/α-hetero) is 1. The number of ketones is 1. The Morgan fingerprint density at radius 3 is 2.54 bits per heavy atom. The number of halogens is 1. The number of likely N-dealkylation sites (tertiary alicyclic amines) is 1. The van der Waals surface area contributed by atoms with Gasteiger partial charge in [-0.25, -0.2) is 0 Å². The van der Waals surface area contributed by atoms with Crippen molar-refractivity contribution in [2.45, 2.75) is 25.7 Å². The highest BCUT2D eigenvalue weighted by Gasteiger charge is 2.19. The van der Waals surface area contributed by atoms with Gasteiger partial charge in [0.25, 0.3) is 0 Å². The van der Waals surface area contributed by atoms with Crippen LogP contribution in [-0.2, 0) is 9.59 Å². The van der Waals surface area contributed by atoms with Crippen LogP contribution < -0.4 is 0 Å². The Morgan fingerprint density at radius 1 is 1.38 bits per heavy atom. The van der Waals surface area contributed by atoms with Crippen molar-refractivity contribution >= 4 is 23.3 Å². The van der Waals surface area contributed by atoms with Gasteiger partial charge >= 0.3 is 0 Å². The lowest BCUT2D eigenvalue weighted by Gasteiger charge is -2.25. The Balaban J connectivity index is 2.27. The highest BCUT2D eigenvalue weighted by atomic mass is 35.5. The van der Waals surface area contributed by atoms with Crippen LogP contribution >= 0.6 is 11.6 Å². The van der Waals surface area contributed by atoms with Crippen LogP contribution in [-0.4, -0.2) is 35.6 Å². The van der Waals surface area contributed by atoms with E-state index in [1.54, 1.807) is 4.90 Å². The topological polar surface area (TPSA) is 37.4 Å². The van der Waals surface area contributed by atoms with Crippen molar-refractivity contribution in [1.29, 1.82) is 0 Å². The summed E-state index contributed by atoms with van der Waals surface area (Å²) in [5.74, 6) is 0.924. The largest absolute Gasteiger partial charge is 0.342 e. The third-order valence-electron chi connectivity index (χ3n) is 2.20. The fourth-order valence-corrected chi connectivity index (χ4v) is 1.52. The molecule has 0 bridgehead atoms. The minimum absolute atomic E-state index is 0.133. The molecule has 1 aliphatic heterocycles. The predicted octanol–water partition coefficient (Wildman–Crippen LogP) is 1.20. The van der Waals surface area contributed by atoms with Crippen molar-refractivity contribution in [3.8, 4) is 0 Å². The maximum atomic E-state index is 11.4. The number of hydrogen-bond acceptors (Lipinski definition) is 2. The first kappa shape index (κ1) is 10.5. The average molecular weight is 204 g/mol. The van der Waals surface area contributed by atoms with Gasteiger partial charge in [-0.1, -0.05) is 0 Å². The van der Waals surface area contributed by atoms with E-state index in [0.29, 0.717) is 38.2 Å². The van der Waals surface area contributed by atoms with Gasteiger partial charge in [0, 0.05) is 38.2 Å². The molecule has 3 nitrogen and oxygen atoms in total. The molecule has 4 heteroatoms. The van der Waals surface area contributed by atoms with Crippen molar-refractivity contribution in [3.05, 3.63) is 0 Å². The molecule has 0 aromatic carbocycles. The number of hydrogen-bond donors (Lipinski definition) is 0. The summed E-state index contributed by atoms with van der Waals surface area (Å²) in [5.41, 5.74) is 0. The highest BCUT2D eigenvalue weighted by Crippen LogP contribution is 2.08. The van der Waals surface area contributed by atoms with Crippen molar-refractivity contribution in [2.24, 2.45) is 0 Å². The lowest BCUT2D eigenvalue weighted by atomic mass is 10.1. The molecule has 1 amide bonds. The van der Waals surface area contributed by atoms with Gasteiger partial charge in [0.1, 0.15) is 5.78 Å². The van der Waals surface area contributed by atoms with Crippen LogP contribution in [0.3, 0.4) is 0 Å². The van der Waals surface area contributed by atoms with E-state index in [1.165, 1.54) is 0 Å². The van der Waals surface area contributed by atoms with Crippen LogP contribution in [0.2, 0.25) is 0 Å². The SMILES string of the molecule is O=C1CCN(C(=O)CCCCl)CC1. The fraction of sp³-hybridized carbons (Fsp3) is 0.778. The van der Waals surface area contributed by atoms with Crippen LogP contribution in [0.1, 0.15) is 25.7 Å². The van der Waals surface area contributed by atoms with Gasteiger partial charge in [0.05, 0.1) is 0 Å². The summed E-state index contributed by atoms with van der Waals surface area (Å²) >= 11 is 5.48. The minimum Gasteiger partial charge on any atom is -0.342 e. The summed E-state index contributed by atoms with van der Waals surface area (Å²) < 4.78 is 0. The molecule has 74 valence electrons. The smallest absolute Gasteiger partial charge is 0.222 e. The molecule has 1 heterocycles. The molecule has 0 aromatic rings. The molecule has 0 aliphatic carbocycles. The second kappa shape index (κ2) is 5.22. The first-order chi connectivity index (χ1) is 6.24. The van der Waals surface area contributed by atoms with Crippen LogP contribution in [0.4, 0.5) is 0 Å². The number of rotatable bonds is 3. The second-order valence-electron chi connectivity index (χ2n) is 3.21. The maximum Gasteiger partial charge on any atom is 0.222 e. The van der Waals surface area contributed by atoms with Crippen molar-refractivity contribution in [2.75, 3.05) is 19.0 Å². The summed E-state index contributed by atoms with van der Waals surface area (Å²) in [6.45, 7) is 1.19. The van der Waals surface area contributed by atoms with Crippen molar-refractivity contribution in [3.63, 3.8) is 0 Å². The number of nitrogens with zero attached hydrogens (tertiary/aromatic N) is 1. The van der Waals surface area contributed by atoms with Gasteiger partial charge < -0.3 is 4.90 Å². The monoisotopic (exact) mass is 203 g/mol. The second-order valence-corrected chi connectivity index (χ2v) is 3.59. The average Bonchev–Trinajstić information content (AvgIpc) is 2.15. The molecular formula is C9H14ClNO2. The lowest BCUT2D eigenvalue weighted by Crippen LogP contribution is -2.38.